The molecule has 4 heteroatoms. The summed E-state index contributed by atoms with van der Waals surface area (Å²) in [6, 6.07) is 5.23. The SMILES string of the molecule is CCc1ccc(C#CC2CCCCCC2)c(SC(F)(F)F)c1. The van der Waals surface area contributed by atoms with Crippen LogP contribution in [0.4, 0.5) is 13.2 Å². The van der Waals surface area contributed by atoms with E-state index in [1.807, 2.05) is 13.0 Å². The van der Waals surface area contributed by atoms with Gasteiger partial charge >= 0.3 is 5.51 Å². The third-order valence-corrected chi connectivity index (χ3v) is 4.74. The van der Waals surface area contributed by atoms with Crippen LogP contribution in [-0.2, 0) is 6.42 Å². The van der Waals surface area contributed by atoms with E-state index in [2.05, 4.69) is 11.8 Å². The lowest BCUT2D eigenvalue weighted by Gasteiger charge is -2.10. The van der Waals surface area contributed by atoms with E-state index in [-0.39, 0.29) is 16.7 Å². The molecular formula is C18H21F3S. The second kappa shape index (κ2) is 7.97. The first kappa shape index (κ1) is 17.3. The molecule has 0 heterocycles. The van der Waals surface area contributed by atoms with Crippen LogP contribution in [0.5, 0.6) is 0 Å². The number of aryl methyl sites for hydroxylation is 1. The highest BCUT2D eigenvalue weighted by Crippen LogP contribution is 2.39. The predicted molar refractivity (Wildman–Crippen MR) is 85.8 cm³/mol. The Balaban J connectivity index is 2.22. The standard InChI is InChI=1S/C18H21F3S/c1-2-14-9-11-16(17(13-14)22-18(19,20)21)12-10-15-7-5-3-4-6-8-15/h9,11,13,15H,2-8H2,1H3. The van der Waals surface area contributed by atoms with Gasteiger partial charge in [0.1, 0.15) is 0 Å². The Labute approximate surface area is 134 Å². The van der Waals surface area contributed by atoms with Crippen LogP contribution in [0, 0.1) is 17.8 Å². The molecule has 22 heavy (non-hydrogen) atoms. The summed E-state index contributed by atoms with van der Waals surface area (Å²) in [5.41, 5.74) is -2.86. The number of rotatable bonds is 2. The quantitative estimate of drug-likeness (QED) is 0.355. The molecule has 2 rings (SSSR count). The fourth-order valence-electron chi connectivity index (χ4n) is 2.70. The largest absolute Gasteiger partial charge is 0.446 e. The van der Waals surface area contributed by atoms with Gasteiger partial charge in [-0.15, -0.1) is 0 Å². The second-order valence-electron chi connectivity index (χ2n) is 5.69. The molecule has 0 bridgehead atoms. The molecule has 0 saturated heterocycles. The Kier molecular flexibility index (Phi) is 6.26. The van der Waals surface area contributed by atoms with Crippen molar-refractivity contribution in [1.82, 2.24) is 0 Å². The number of hydrogen-bond donors (Lipinski definition) is 0. The van der Waals surface area contributed by atoms with Gasteiger partial charge < -0.3 is 0 Å². The molecule has 0 nitrogen and oxygen atoms in total. The highest BCUT2D eigenvalue weighted by Gasteiger charge is 2.30. The lowest BCUT2D eigenvalue weighted by Crippen LogP contribution is -2.01. The highest BCUT2D eigenvalue weighted by molar-refractivity contribution is 8.00. The minimum atomic E-state index is -4.27. The van der Waals surface area contributed by atoms with Crippen LogP contribution < -0.4 is 0 Å². The Morgan fingerprint density at radius 2 is 1.82 bits per heavy atom. The zero-order valence-electron chi connectivity index (χ0n) is 12.8. The van der Waals surface area contributed by atoms with Gasteiger partial charge in [0, 0.05) is 16.4 Å². The number of hydrogen-bond acceptors (Lipinski definition) is 1. The summed E-state index contributed by atoms with van der Waals surface area (Å²) in [7, 11) is 0. The van der Waals surface area contributed by atoms with E-state index in [0.29, 0.717) is 11.5 Å². The van der Waals surface area contributed by atoms with E-state index in [9.17, 15) is 13.2 Å². The van der Waals surface area contributed by atoms with Gasteiger partial charge in [-0.1, -0.05) is 50.5 Å². The molecule has 0 spiro atoms. The number of thioether (sulfide) groups is 1. The van der Waals surface area contributed by atoms with Crippen LogP contribution in [0.2, 0.25) is 0 Å². The molecule has 0 unspecified atom stereocenters. The maximum absolute atomic E-state index is 12.7. The average molecular weight is 326 g/mol. The molecule has 1 aromatic carbocycles. The monoisotopic (exact) mass is 326 g/mol. The van der Waals surface area contributed by atoms with Gasteiger partial charge in [0.25, 0.3) is 0 Å². The van der Waals surface area contributed by atoms with Gasteiger partial charge in [0.15, 0.2) is 0 Å². The molecule has 0 atom stereocenters. The molecule has 0 radical (unpaired) electrons. The molecule has 0 aliphatic heterocycles. The van der Waals surface area contributed by atoms with Crippen LogP contribution in [0.1, 0.15) is 56.6 Å². The number of halogens is 3. The van der Waals surface area contributed by atoms with Crippen molar-refractivity contribution in [2.24, 2.45) is 5.92 Å². The van der Waals surface area contributed by atoms with Crippen LogP contribution in [0.15, 0.2) is 23.1 Å². The summed E-state index contributed by atoms with van der Waals surface area (Å²) in [6.07, 6.45) is 7.72. The smallest absolute Gasteiger partial charge is 0.160 e. The van der Waals surface area contributed by atoms with E-state index >= 15 is 0 Å². The van der Waals surface area contributed by atoms with E-state index in [1.54, 1.807) is 12.1 Å². The van der Waals surface area contributed by atoms with E-state index in [4.69, 9.17) is 0 Å². The summed E-state index contributed by atoms with van der Waals surface area (Å²) < 4.78 is 38.2. The van der Waals surface area contributed by atoms with Gasteiger partial charge in [0.2, 0.25) is 0 Å². The highest BCUT2D eigenvalue weighted by atomic mass is 32.2. The molecule has 1 fully saturated rings. The van der Waals surface area contributed by atoms with E-state index < -0.39 is 5.51 Å². The molecule has 0 aromatic heterocycles. The van der Waals surface area contributed by atoms with Crippen molar-refractivity contribution in [2.45, 2.75) is 62.3 Å². The van der Waals surface area contributed by atoms with Gasteiger partial charge in [-0.3, -0.25) is 0 Å². The maximum Gasteiger partial charge on any atom is 0.446 e. The third-order valence-electron chi connectivity index (χ3n) is 3.95. The average Bonchev–Trinajstić information content (AvgIpc) is 2.73. The van der Waals surface area contributed by atoms with Gasteiger partial charge in [-0.2, -0.15) is 13.2 Å². The fraction of sp³-hybridized carbons (Fsp3) is 0.556. The fourth-order valence-corrected chi connectivity index (χ4v) is 3.39. The molecular weight excluding hydrogens is 305 g/mol. The molecule has 1 aliphatic rings. The molecule has 1 aromatic rings. The Morgan fingerprint density at radius 3 is 2.41 bits per heavy atom. The summed E-state index contributed by atoms with van der Waals surface area (Å²) in [4.78, 5) is 0.230. The van der Waals surface area contributed by atoms with Crippen LogP contribution in [0.25, 0.3) is 0 Å². The summed E-state index contributed by atoms with van der Waals surface area (Å²) in [5, 5.41) is 0. The van der Waals surface area contributed by atoms with Crippen molar-refractivity contribution in [1.29, 1.82) is 0 Å². The second-order valence-corrected chi connectivity index (χ2v) is 6.80. The third kappa shape index (κ3) is 5.61. The summed E-state index contributed by atoms with van der Waals surface area (Å²) in [5.74, 6) is 6.56. The van der Waals surface area contributed by atoms with Crippen LogP contribution in [0.3, 0.4) is 0 Å². The Morgan fingerprint density at radius 1 is 1.14 bits per heavy atom. The summed E-state index contributed by atoms with van der Waals surface area (Å²) >= 11 is -0.0549. The van der Waals surface area contributed by atoms with Crippen molar-refractivity contribution in [3.63, 3.8) is 0 Å². The van der Waals surface area contributed by atoms with Crippen LogP contribution in [-0.4, -0.2) is 5.51 Å². The van der Waals surface area contributed by atoms with E-state index in [1.165, 1.54) is 25.7 Å². The zero-order chi connectivity index (χ0) is 16.0. The minimum absolute atomic E-state index is 0.0549. The van der Waals surface area contributed by atoms with Gasteiger partial charge in [0.05, 0.1) is 0 Å². The zero-order valence-corrected chi connectivity index (χ0v) is 13.6. The van der Waals surface area contributed by atoms with Crippen molar-refractivity contribution in [3.8, 4) is 11.8 Å². The van der Waals surface area contributed by atoms with Crippen molar-refractivity contribution in [2.75, 3.05) is 0 Å². The maximum atomic E-state index is 12.7. The molecule has 1 saturated carbocycles. The first-order valence-electron chi connectivity index (χ1n) is 7.88. The lowest BCUT2D eigenvalue weighted by molar-refractivity contribution is -0.0328. The Hall–Kier alpha value is -1.08. The topological polar surface area (TPSA) is 0 Å². The van der Waals surface area contributed by atoms with Crippen molar-refractivity contribution < 1.29 is 13.2 Å². The molecule has 1 aliphatic carbocycles. The lowest BCUT2D eigenvalue weighted by atomic mass is 10.0. The Bertz CT molecular complexity index is 544. The first-order chi connectivity index (χ1) is 10.5. The molecule has 0 amide bonds. The van der Waals surface area contributed by atoms with Crippen molar-refractivity contribution in [3.05, 3.63) is 29.3 Å². The minimum Gasteiger partial charge on any atom is -0.160 e. The van der Waals surface area contributed by atoms with Gasteiger partial charge in [-0.25, -0.2) is 0 Å². The summed E-state index contributed by atoms with van der Waals surface area (Å²) in [6.45, 7) is 1.94. The first-order valence-corrected chi connectivity index (χ1v) is 8.70. The van der Waals surface area contributed by atoms with E-state index in [0.717, 1.165) is 24.8 Å². The molecule has 0 N–H and O–H groups in total. The van der Waals surface area contributed by atoms with Gasteiger partial charge in [-0.05, 0) is 48.7 Å². The predicted octanol–water partition coefficient (Wildman–Crippen LogP) is 6.18. The number of benzene rings is 1. The number of alkyl halides is 3. The molecule has 120 valence electrons. The van der Waals surface area contributed by atoms with Crippen LogP contribution >= 0.6 is 11.8 Å². The van der Waals surface area contributed by atoms with Crippen molar-refractivity contribution >= 4 is 11.8 Å². The normalized spacial score (nSPS) is 16.7.